The highest BCUT2D eigenvalue weighted by molar-refractivity contribution is 5.60. The fourth-order valence-electron chi connectivity index (χ4n) is 3.46. The third kappa shape index (κ3) is 2.06. The first kappa shape index (κ1) is 11.1. The Labute approximate surface area is 104 Å². The Bertz CT molecular complexity index is 382. The van der Waals surface area contributed by atoms with Crippen LogP contribution in [0.4, 0.5) is 5.69 Å². The Kier molecular flexibility index (Phi) is 3.06. The van der Waals surface area contributed by atoms with Crippen molar-refractivity contribution in [2.45, 2.75) is 31.6 Å². The number of rotatable bonds is 3. The Morgan fingerprint density at radius 1 is 1.18 bits per heavy atom. The quantitative estimate of drug-likeness (QED) is 0.865. The summed E-state index contributed by atoms with van der Waals surface area (Å²) in [5.41, 5.74) is 8.80. The lowest BCUT2D eigenvalue weighted by atomic mass is 10.0. The van der Waals surface area contributed by atoms with Gasteiger partial charge in [0.1, 0.15) is 0 Å². The minimum absolute atomic E-state index is 0.549. The van der Waals surface area contributed by atoms with E-state index in [2.05, 4.69) is 29.2 Å². The van der Waals surface area contributed by atoms with Gasteiger partial charge in [0.15, 0.2) is 0 Å². The minimum Gasteiger partial charge on any atom is -0.370 e. The summed E-state index contributed by atoms with van der Waals surface area (Å²) in [4.78, 5) is 2.57. The van der Waals surface area contributed by atoms with Crippen LogP contribution in [0.5, 0.6) is 0 Å². The maximum atomic E-state index is 5.89. The van der Waals surface area contributed by atoms with Crippen molar-refractivity contribution in [1.82, 2.24) is 0 Å². The van der Waals surface area contributed by atoms with Gasteiger partial charge in [-0.1, -0.05) is 31.0 Å². The van der Waals surface area contributed by atoms with Gasteiger partial charge in [-0.25, -0.2) is 0 Å². The van der Waals surface area contributed by atoms with E-state index in [0.717, 1.165) is 19.0 Å². The van der Waals surface area contributed by atoms with Crippen LogP contribution in [0.3, 0.4) is 0 Å². The topological polar surface area (TPSA) is 29.3 Å². The van der Waals surface area contributed by atoms with Gasteiger partial charge in [-0.2, -0.15) is 0 Å². The van der Waals surface area contributed by atoms with Crippen molar-refractivity contribution in [1.29, 1.82) is 0 Å². The summed E-state index contributed by atoms with van der Waals surface area (Å²) in [6.07, 6.45) is 5.71. The molecule has 1 atom stereocenters. The molecule has 0 spiro atoms. The molecule has 2 aliphatic rings. The Morgan fingerprint density at radius 2 is 1.94 bits per heavy atom. The summed E-state index contributed by atoms with van der Waals surface area (Å²) in [5.74, 6) is 1.46. The smallest absolute Gasteiger partial charge is 0.0403 e. The number of para-hydroxylation sites is 1. The molecular weight excluding hydrogens is 208 g/mol. The van der Waals surface area contributed by atoms with Crippen molar-refractivity contribution >= 4 is 5.69 Å². The molecule has 1 unspecified atom stereocenters. The van der Waals surface area contributed by atoms with Gasteiger partial charge in [0.25, 0.3) is 0 Å². The molecule has 0 bridgehead atoms. The fourth-order valence-corrected chi connectivity index (χ4v) is 3.46. The lowest BCUT2D eigenvalue weighted by Crippen LogP contribution is -2.29. The van der Waals surface area contributed by atoms with E-state index in [9.17, 15) is 0 Å². The molecule has 1 aliphatic carbocycles. The summed E-state index contributed by atoms with van der Waals surface area (Å²) in [5, 5.41) is 0. The molecule has 3 rings (SSSR count). The second-order valence-electron chi connectivity index (χ2n) is 5.55. The first-order valence-electron chi connectivity index (χ1n) is 6.92. The third-order valence-corrected chi connectivity index (χ3v) is 4.40. The van der Waals surface area contributed by atoms with Gasteiger partial charge < -0.3 is 10.6 Å². The Balaban J connectivity index is 1.78. The van der Waals surface area contributed by atoms with Gasteiger partial charge in [0.2, 0.25) is 0 Å². The van der Waals surface area contributed by atoms with Crippen LogP contribution in [0.1, 0.15) is 37.2 Å². The summed E-state index contributed by atoms with van der Waals surface area (Å²) in [7, 11) is 0. The van der Waals surface area contributed by atoms with Crippen molar-refractivity contribution in [2.75, 3.05) is 24.5 Å². The van der Waals surface area contributed by atoms with E-state index in [1.54, 1.807) is 0 Å². The molecule has 1 aromatic carbocycles. The third-order valence-electron chi connectivity index (χ3n) is 4.40. The second-order valence-corrected chi connectivity index (χ2v) is 5.55. The van der Waals surface area contributed by atoms with Gasteiger partial charge >= 0.3 is 0 Å². The first-order valence-corrected chi connectivity index (χ1v) is 6.92. The molecule has 2 heteroatoms. The predicted molar refractivity (Wildman–Crippen MR) is 72.4 cm³/mol. The summed E-state index contributed by atoms with van der Waals surface area (Å²) in [6, 6.07) is 8.81. The maximum Gasteiger partial charge on any atom is 0.0403 e. The van der Waals surface area contributed by atoms with Gasteiger partial charge in [0.05, 0.1) is 0 Å². The number of benzene rings is 1. The molecule has 0 aromatic heterocycles. The van der Waals surface area contributed by atoms with Crippen molar-refractivity contribution in [3.8, 4) is 0 Å². The number of hydrogen-bond acceptors (Lipinski definition) is 2. The van der Waals surface area contributed by atoms with Crippen molar-refractivity contribution in [3.63, 3.8) is 0 Å². The van der Waals surface area contributed by atoms with Gasteiger partial charge in [-0.15, -0.1) is 0 Å². The number of anilines is 1. The lowest BCUT2D eigenvalue weighted by molar-refractivity contribution is 0.529. The highest BCUT2D eigenvalue weighted by Crippen LogP contribution is 2.37. The lowest BCUT2D eigenvalue weighted by Gasteiger charge is -2.23. The van der Waals surface area contributed by atoms with E-state index in [1.807, 2.05) is 0 Å². The average Bonchev–Trinajstić information content (AvgIpc) is 2.98. The van der Waals surface area contributed by atoms with Crippen LogP contribution in [0, 0.1) is 5.92 Å². The molecule has 0 radical (unpaired) electrons. The van der Waals surface area contributed by atoms with Crippen molar-refractivity contribution < 1.29 is 0 Å². The van der Waals surface area contributed by atoms with Gasteiger partial charge in [-0.05, 0) is 30.4 Å². The highest BCUT2D eigenvalue weighted by Gasteiger charge is 2.29. The maximum absolute atomic E-state index is 5.89. The largest absolute Gasteiger partial charge is 0.370 e. The van der Waals surface area contributed by atoms with Crippen LogP contribution >= 0.6 is 0 Å². The van der Waals surface area contributed by atoms with E-state index in [4.69, 9.17) is 5.73 Å². The van der Waals surface area contributed by atoms with E-state index in [-0.39, 0.29) is 0 Å². The SMILES string of the molecule is NCC1CN(CC2CCCC2)c2ccccc21. The van der Waals surface area contributed by atoms with Crippen molar-refractivity contribution in [2.24, 2.45) is 11.7 Å². The summed E-state index contributed by atoms with van der Waals surface area (Å²) < 4.78 is 0. The van der Waals surface area contributed by atoms with Crippen LogP contribution in [-0.4, -0.2) is 19.6 Å². The molecular formula is C15H22N2. The van der Waals surface area contributed by atoms with E-state index in [0.29, 0.717) is 5.92 Å². The molecule has 1 aromatic rings. The fraction of sp³-hybridized carbons (Fsp3) is 0.600. The number of fused-ring (bicyclic) bond motifs is 1. The highest BCUT2D eigenvalue weighted by atomic mass is 15.2. The normalized spacial score (nSPS) is 24.3. The predicted octanol–water partition coefficient (Wildman–Crippen LogP) is 2.74. The van der Waals surface area contributed by atoms with E-state index < -0.39 is 0 Å². The van der Waals surface area contributed by atoms with Crippen LogP contribution in [0.15, 0.2) is 24.3 Å². The molecule has 17 heavy (non-hydrogen) atoms. The first-order chi connectivity index (χ1) is 8.38. The molecule has 1 fully saturated rings. The number of nitrogens with two attached hydrogens (primary N) is 1. The zero-order valence-corrected chi connectivity index (χ0v) is 10.4. The molecule has 92 valence electrons. The van der Waals surface area contributed by atoms with Crippen LogP contribution in [-0.2, 0) is 0 Å². The van der Waals surface area contributed by atoms with Gasteiger partial charge in [0, 0.05) is 31.2 Å². The molecule has 0 amide bonds. The standard InChI is InChI=1S/C15H22N2/c16-9-13-11-17(10-12-5-1-2-6-12)15-8-4-3-7-14(13)15/h3-4,7-8,12-13H,1-2,5-6,9-11,16H2. The monoisotopic (exact) mass is 230 g/mol. The second kappa shape index (κ2) is 4.69. The van der Waals surface area contributed by atoms with Crippen LogP contribution in [0.2, 0.25) is 0 Å². The Hall–Kier alpha value is -1.02. The van der Waals surface area contributed by atoms with Gasteiger partial charge in [-0.3, -0.25) is 0 Å². The van der Waals surface area contributed by atoms with E-state index in [1.165, 1.54) is 43.5 Å². The van der Waals surface area contributed by atoms with Crippen LogP contribution in [0.25, 0.3) is 0 Å². The molecule has 0 saturated heterocycles. The summed E-state index contributed by atoms with van der Waals surface area (Å²) >= 11 is 0. The van der Waals surface area contributed by atoms with Crippen molar-refractivity contribution in [3.05, 3.63) is 29.8 Å². The summed E-state index contributed by atoms with van der Waals surface area (Å²) in [6.45, 7) is 3.15. The molecule has 2 nitrogen and oxygen atoms in total. The Morgan fingerprint density at radius 3 is 2.71 bits per heavy atom. The minimum atomic E-state index is 0.549. The number of nitrogens with zero attached hydrogens (tertiary/aromatic N) is 1. The zero-order chi connectivity index (χ0) is 11.7. The molecule has 1 heterocycles. The zero-order valence-electron chi connectivity index (χ0n) is 10.4. The average molecular weight is 230 g/mol. The molecule has 1 saturated carbocycles. The molecule has 1 aliphatic heterocycles. The van der Waals surface area contributed by atoms with E-state index >= 15 is 0 Å². The number of hydrogen-bond donors (Lipinski definition) is 1. The van der Waals surface area contributed by atoms with Crippen LogP contribution < -0.4 is 10.6 Å². The molecule has 2 N–H and O–H groups in total.